The third-order valence-corrected chi connectivity index (χ3v) is 5.38. The van der Waals surface area contributed by atoms with E-state index < -0.39 is 0 Å². The van der Waals surface area contributed by atoms with E-state index in [-0.39, 0.29) is 0 Å². The standard InChI is InChI=1S/C14H12Se/c1-2-6-11(5-1)13-9-10-14(15-13)12-7-3-4-8-12/h1-5,7,9-10H,6,8H2. The summed E-state index contributed by atoms with van der Waals surface area (Å²) < 4.78 is 3.13. The normalized spacial score (nSPS) is 18.4. The van der Waals surface area contributed by atoms with Crippen LogP contribution in [0.4, 0.5) is 0 Å². The number of hydrogen-bond acceptors (Lipinski definition) is 0. The third kappa shape index (κ3) is 1.73. The van der Waals surface area contributed by atoms with Crippen molar-refractivity contribution in [1.29, 1.82) is 0 Å². The van der Waals surface area contributed by atoms with Crippen LogP contribution in [0, 0.1) is 0 Å². The molecule has 0 bridgehead atoms. The molecule has 1 aromatic rings. The molecule has 0 atom stereocenters. The van der Waals surface area contributed by atoms with Crippen molar-refractivity contribution in [3.63, 3.8) is 0 Å². The van der Waals surface area contributed by atoms with Crippen LogP contribution < -0.4 is 0 Å². The quantitative estimate of drug-likeness (QED) is 0.714. The van der Waals surface area contributed by atoms with Gasteiger partial charge in [0.1, 0.15) is 0 Å². The second-order valence-corrected chi connectivity index (χ2v) is 6.09. The van der Waals surface area contributed by atoms with Gasteiger partial charge in [0.15, 0.2) is 0 Å². The maximum atomic E-state index is 2.31. The molecule has 0 saturated heterocycles. The summed E-state index contributed by atoms with van der Waals surface area (Å²) in [6, 6.07) is 4.63. The first-order chi connectivity index (χ1) is 7.43. The summed E-state index contributed by atoms with van der Waals surface area (Å²) in [4.78, 5) is 0. The summed E-state index contributed by atoms with van der Waals surface area (Å²) in [6.07, 6.45) is 15.6. The van der Waals surface area contributed by atoms with E-state index in [1.807, 2.05) is 0 Å². The Morgan fingerprint density at radius 1 is 0.800 bits per heavy atom. The van der Waals surface area contributed by atoms with Crippen molar-refractivity contribution >= 4 is 25.6 Å². The van der Waals surface area contributed by atoms with Gasteiger partial charge in [-0.15, -0.1) is 0 Å². The first-order valence-electron chi connectivity index (χ1n) is 5.25. The van der Waals surface area contributed by atoms with Crippen molar-refractivity contribution < 1.29 is 0 Å². The van der Waals surface area contributed by atoms with Crippen LogP contribution in [0.15, 0.2) is 48.6 Å². The van der Waals surface area contributed by atoms with E-state index in [9.17, 15) is 0 Å². The Morgan fingerprint density at radius 3 is 1.73 bits per heavy atom. The van der Waals surface area contributed by atoms with Gasteiger partial charge in [0.25, 0.3) is 0 Å². The second kappa shape index (κ2) is 3.84. The molecule has 2 aliphatic rings. The van der Waals surface area contributed by atoms with E-state index in [2.05, 4.69) is 48.6 Å². The second-order valence-electron chi connectivity index (χ2n) is 3.81. The minimum atomic E-state index is 0.537. The van der Waals surface area contributed by atoms with Gasteiger partial charge < -0.3 is 0 Å². The molecule has 0 N–H and O–H groups in total. The molecule has 0 fully saturated rings. The molecule has 0 saturated carbocycles. The Balaban J connectivity index is 1.88. The Bertz CT molecular complexity index is 451. The molecular weight excluding hydrogens is 247 g/mol. The fourth-order valence-electron chi connectivity index (χ4n) is 1.94. The average Bonchev–Trinajstić information content (AvgIpc) is 3.02. The molecule has 0 amide bonds. The fraction of sp³-hybridized carbons (Fsp3) is 0.143. The van der Waals surface area contributed by atoms with Gasteiger partial charge in [-0.3, -0.25) is 0 Å². The molecule has 1 heterocycles. The summed E-state index contributed by atoms with van der Waals surface area (Å²) in [7, 11) is 0. The van der Waals surface area contributed by atoms with Gasteiger partial charge in [-0.05, 0) is 0 Å². The monoisotopic (exact) mass is 260 g/mol. The average molecular weight is 259 g/mol. The fourth-order valence-corrected chi connectivity index (χ4v) is 4.20. The third-order valence-electron chi connectivity index (χ3n) is 2.78. The molecule has 0 spiro atoms. The minimum absolute atomic E-state index is 0.537. The predicted octanol–water partition coefficient (Wildman–Crippen LogP) is 3.43. The molecule has 15 heavy (non-hydrogen) atoms. The summed E-state index contributed by atoms with van der Waals surface area (Å²) in [5, 5.41) is 0. The number of allylic oxidation sites excluding steroid dienone is 8. The van der Waals surface area contributed by atoms with E-state index in [4.69, 9.17) is 0 Å². The van der Waals surface area contributed by atoms with Crippen molar-refractivity contribution in [2.24, 2.45) is 0 Å². The summed E-state index contributed by atoms with van der Waals surface area (Å²) >= 11 is 0.537. The molecular formula is C14H12Se. The van der Waals surface area contributed by atoms with Crippen LogP contribution in [0.25, 0.3) is 11.1 Å². The van der Waals surface area contributed by atoms with Gasteiger partial charge >= 0.3 is 96.0 Å². The number of rotatable bonds is 2. The van der Waals surface area contributed by atoms with Crippen molar-refractivity contribution in [2.75, 3.05) is 0 Å². The molecule has 0 unspecified atom stereocenters. The van der Waals surface area contributed by atoms with E-state index in [0.29, 0.717) is 14.5 Å². The topological polar surface area (TPSA) is 0 Å². The van der Waals surface area contributed by atoms with Crippen molar-refractivity contribution in [2.45, 2.75) is 12.8 Å². The van der Waals surface area contributed by atoms with Crippen molar-refractivity contribution in [3.05, 3.63) is 57.5 Å². The van der Waals surface area contributed by atoms with Gasteiger partial charge in [0, 0.05) is 0 Å². The summed E-state index contributed by atoms with van der Waals surface area (Å²) in [6.45, 7) is 0. The maximum absolute atomic E-state index is 2.31. The summed E-state index contributed by atoms with van der Waals surface area (Å²) in [5.41, 5.74) is 3.04. The van der Waals surface area contributed by atoms with E-state index in [1.165, 1.54) is 11.1 Å². The molecule has 1 aromatic heterocycles. The zero-order valence-electron chi connectivity index (χ0n) is 8.44. The first kappa shape index (κ1) is 9.20. The Morgan fingerprint density at radius 2 is 1.33 bits per heavy atom. The molecule has 0 radical (unpaired) electrons. The van der Waals surface area contributed by atoms with Gasteiger partial charge in [0.05, 0.1) is 0 Å². The van der Waals surface area contributed by atoms with Crippen LogP contribution in [0.2, 0.25) is 0 Å². The first-order valence-corrected chi connectivity index (χ1v) is 6.97. The molecule has 0 nitrogen and oxygen atoms in total. The molecule has 2 aliphatic carbocycles. The van der Waals surface area contributed by atoms with Gasteiger partial charge in [-0.2, -0.15) is 0 Å². The SMILES string of the molecule is C1=CCC(c2ccc(C3=CC=CC3)[se]2)=C1. The van der Waals surface area contributed by atoms with Gasteiger partial charge in [-0.25, -0.2) is 0 Å². The van der Waals surface area contributed by atoms with E-state index in [0.717, 1.165) is 12.8 Å². The Hall–Kier alpha value is -1.04. The zero-order chi connectivity index (χ0) is 10.1. The van der Waals surface area contributed by atoms with E-state index in [1.54, 1.807) is 8.87 Å². The van der Waals surface area contributed by atoms with Crippen LogP contribution in [-0.2, 0) is 0 Å². The van der Waals surface area contributed by atoms with Crippen LogP contribution >= 0.6 is 0 Å². The molecule has 1 heteroatoms. The molecule has 0 aromatic carbocycles. The predicted molar refractivity (Wildman–Crippen MR) is 66.9 cm³/mol. The number of hydrogen-bond donors (Lipinski definition) is 0. The molecule has 74 valence electrons. The van der Waals surface area contributed by atoms with Gasteiger partial charge in [0.2, 0.25) is 0 Å². The molecule has 3 rings (SSSR count). The van der Waals surface area contributed by atoms with Gasteiger partial charge in [-0.1, -0.05) is 0 Å². The van der Waals surface area contributed by atoms with E-state index >= 15 is 0 Å². The zero-order valence-corrected chi connectivity index (χ0v) is 10.2. The van der Waals surface area contributed by atoms with Crippen LogP contribution in [0.1, 0.15) is 21.7 Å². The van der Waals surface area contributed by atoms with Crippen molar-refractivity contribution in [1.82, 2.24) is 0 Å². The van der Waals surface area contributed by atoms with Crippen LogP contribution in [0.3, 0.4) is 0 Å². The summed E-state index contributed by atoms with van der Waals surface area (Å²) in [5.74, 6) is 0. The molecule has 0 aliphatic heterocycles. The van der Waals surface area contributed by atoms with Crippen LogP contribution in [0.5, 0.6) is 0 Å². The Labute approximate surface area is 96.1 Å². The Kier molecular flexibility index (Phi) is 2.36. The van der Waals surface area contributed by atoms with Crippen LogP contribution in [-0.4, -0.2) is 14.5 Å². The van der Waals surface area contributed by atoms with Crippen molar-refractivity contribution in [3.8, 4) is 0 Å².